The van der Waals surface area contributed by atoms with Crippen LogP contribution in [0.3, 0.4) is 0 Å². The van der Waals surface area contributed by atoms with Crippen molar-refractivity contribution < 1.29 is 9.66 Å². The van der Waals surface area contributed by atoms with Gasteiger partial charge in [0.2, 0.25) is 0 Å². The maximum Gasteiger partial charge on any atom is 0.269 e. The number of para-hydroxylation sites is 1. The van der Waals surface area contributed by atoms with Crippen molar-refractivity contribution in [3.63, 3.8) is 0 Å². The van der Waals surface area contributed by atoms with Crippen LogP contribution in [0.1, 0.15) is 11.1 Å². The number of hydrogen-bond acceptors (Lipinski definition) is 4. The zero-order valence-electron chi connectivity index (χ0n) is 11.9. The van der Waals surface area contributed by atoms with Crippen LogP contribution in [-0.2, 0) is 13.0 Å². The van der Waals surface area contributed by atoms with Gasteiger partial charge in [-0.3, -0.25) is 10.1 Å². The first-order valence-electron chi connectivity index (χ1n) is 6.76. The second kappa shape index (κ2) is 7.40. The lowest BCUT2D eigenvalue weighted by molar-refractivity contribution is -0.384. The highest BCUT2D eigenvalue weighted by Crippen LogP contribution is 2.16. The van der Waals surface area contributed by atoms with Gasteiger partial charge in [-0.25, -0.2) is 0 Å². The SMILES string of the molecule is COc1ccccc1CNCCc1ccc([N+](=O)[O-])cc1. The highest BCUT2D eigenvalue weighted by Gasteiger charge is 2.04. The lowest BCUT2D eigenvalue weighted by Gasteiger charge is -2.09. The molecule has 0 fully saturated rings. The van der Waals surface area contributed by atoms with E-state index in [9.17, 15) is 10.1 Å². The lowest BCUT2D eigenvalue weighted by Crippen LogP contribution is -2.17. The van der Waals surface area contributed by atoms with E-state index in [-0.39, 0.29) is 10.6 Å². The fraction of sp³-hybridized carbons (Fsp3) is 0.250. The molecule has 0 aromatic heterocycles. The Kier molecular flexibility index (Phi) is 5.29. The van der Waals surface area contributed by atoms with Crippen LogP contribution in [0.5, 0.6) is 5.75 Å². The predicted molar refractivity (Wildman–Crippen MR) is 81.5 cm³/mol. The molecule has 0 radical (unpaired) electrons. The van der Waals surface area contributed by atoms with Gasteiger partial charge >= 0.3 is 0 Å². The smallest absolute Gasteiger partial charge is 0.269 e. The Balaban J connectivity index is 1.80. The van der Waals surface area contributed by atoms with Gasteiger partial charge in [0, 0.05) is 24.2 Å². The van der Waals surface area contributed by atoms with Gasteiger partial charge in [0.1, 0.15) is 5.75 Å². The number of methoxy groups -OCH3 is 1. The summed E-state index contributed by atoms with van der Waals surface area (Å²) in [6.07, 6.45) is 0.827. The van der Waals surface area contributed by atoms with E-state index in [1.807, 2.05) is 24.3 Å². The monoisotopic (exact) mass is 286 g/mol. The Bertz CT molecular complexity index is 597. The van der Waals surface area contributed by atoms with E-state index in [4.69, 9.17) is 4.74 Å². The molecule has 0 atom stereocenters. The van der Waals surface area contributed by atoms with Gasteiger partial charge in [0.25, 0.3) is 5.69 Å². The summed E-state index contributed by atoms with van der Waals surface area (Å²) >= 11 is 0. The third kappa shape index (κ3) is 4.29. The van der Waals surface area contributed by atoms with Crippen molar-refractivity contribution in [2.75, 3.05) is 13.7 Å². The fourth-order valence-electron chi connectivity index (χ4n) is 2.09. The van der Waals surface area contributed by atoms with Gasteiger partial charge in [-0.05, 0) is 24.6 Å². The first-order valence-corrected chi connectivity index (χ1v) is 6.76. The Morgan fingerprint density at radius 1 is 1.14 bits per heavy atom. The molecule has 110 valence electrons. The van der Waals surface area contributed by atoms with Gasteiger partial charge in [0.05, 0.1) is 12.0 Å². The summed E-state index contributed by atoms with van der Waals surface area (Å²) in [6, 6.07) is 14.6. The van der Waals surface area contributed by atoms with Crippen molar-refractivity contribution >= 4 is 5.69 Å². The van der Waals surface area contributed by atoms with Gasteiger partial charge in [0.15, 0.2) is 0 Å². The van der Waals surface area contributed by atoms with E-state index < -0.39 is 0 Å². The molecular weight excluding hydrogens is 268 g/mol. The summed E-state index contributed by atoms with van der Waals surface area (Å²) in [5, 5.41) is 13.9. The lowest BCUT2D eigenvalue weighted by atomic mass is 10.1. The molecule has 0 saturated carbocycles. The molecule has 1 N–H and O–H groups in total. The minimum Gasteiger partial charge on any atom is -0.496 e. The third-order valence-electron chi connectivity index (χ3n) is 3.25. The number of nitro groups is 1. The molecule has 2 aromatic rings. The van der Waals surface area contributed by atoms with Crippen LogP contribution in [-0.4, -0.2) is 18.6 Å². The quantitative estimate of drug-likeness (QED) is 0.483. The molecule has 0 bridgehead atoms. The minimum atomic E-state index is -0.385. The summed E-state index contributed by atoms with van der Waals surface area (Å²) in [7, 11) is 1.66. The molecule has 0 aliphatic rings. The molecule has 0 spiro atoms. The molecule has 0 unspecified atom stereocenters. The minimum absolute atomic E-state index is 0.126. The Hall–Kier alpha value is -2.40. The second-order valence-corrected chi connectivity index (χ2v) is 4.66. The first-order chi connectivity index (χ1) is 10.2. The number of benzene rings is 2. The molecule has 5 nitrogen and oxygen atoms in total. The largest absolute Gasteiger partial charge is 0.496 e. The summed E-state index contributed by atoms with van der Waals surface area (Å²) < 4.78 is 5.29. The van der Waals surface area contributed by atoms with E-state index in [0.717, 1.165) is 36.4 Å². The molecule has 0 amide bonds. The molecule has 0 saturated heterocycles. The number of nitro benzene ring substituents is 1. The van der Waals surface area contributed by atoms with Crippen molar-refractivity contribution in [2.45, 2.75) is 13.0 Å². The van der Waals surface area contributed by atoms with E-state index in [1.54, 1.807) is 19.2 Å². The van der Waals surface area contributed by atoms with Crippen molar-refractivity contribution in [2.24, 2.45) is 0 Å². The second-order valence-electron chi connectivity index (χ2n) is 4.66. The third-order valence-corrected chi connectivity index (χ3v) is 3.25. The highest BCUT2D eigenvalue weighted by atomic mass is 16.6. The fourth-order valence-corrected chi connectivity index (χ4v) is 2.09. The van der Waals surface area contributed by atoms with E-state index in [1.165, 1.54) is 12.1 Å². The van der Waals surface area contributed by atoms with E-state index in [2.05, 4.69) is 5.32 Å². The van der Waals surface area contributed by atoms with Crippen molar-refractivity contribution in [3.8, 4) is 5.75 Å². The standard InChI is InChI=1S/C16H18N2O3/c1-21-16-5-3-2-4-14(16)12-17-11-10-13-6-8-15(9-7-13)18(19)20/h2-9,17H,10-12H2,1H3. The topological polar surface area (TPSA) is 64.4 Å². The first kappa shape index (κ1) is 15.0. The molecule has 0 aliphatic carbocycles. The van der Waals surface area contributed by atoms with Crippen LogP contribution in [0.2, 0.25) is 0 Å². The molecule has 5 heteroatoms. The highest BCUT2D eigenvalue weighted by molar-refractivity contribution is 5.34. The number of non-ortho nitro benzene ring substituents is 1. The zero-order valence-corrected chi connectivity index (χ0v) is 11.9. The van der Waals surface area contributed by atoms with E-state index in [0.29, 0.717) is 0 Å². The molecular formula is C16H18N2O3. The Labute approximate surface area is 123 Å². The maximum absolute atomic E-state index is 10.6. The van der Waals surface area contributed by atoms with Crippen LogP contribution in [0.25, 0.3) is 0 Å². The Morgan fingerprint density at radius 3 is 2.52 bits per heavy atom. The van der Waals surface area contributed by atoms with Crippen LogP contribution >= 0.6 is 0 Å². The summed E-state index contributed by atoms with van der Waals surface area (Å²) in [6.45, 7) is 1.53. The van der Waals surface area contributed by atoms with Crippen LogP contribution in [0, 0.1) is 10.1 Å². The van der Waals surface area contributed by atoms with Crippen molar-refractivity contribution in [3.05, 3.63) is 69.8 Å². The summed E-state index contributed by atoms with van der Waals surface area (Å²) in [4.78, 5) is 10.2. The normalized spacial score (nSPS) is 10.3. The predicted octanol–water partition coefficient (Wildman–Crippen LogP) is 2.94. The van der Waals surface area contributed by atoms with Crippen molar-refractivity contribution in [1.82, 2.24) is 5.32 Å². The van der Waals surface area contributed by atoms with Crippen molar-refractivity contribution in [1.29, 1.82) is 0 Å². The van der Waals surface area contributed by atoms with Gasteiger partial charge < -0.3 is 10.1 Å². The number of nitrogens with one attached hydrogen (secondary N) is 1. The van der Waals surface area contributed by atoms with Gasteiger partial charge in [-0.15, -0.1) is 0 Å². The van der Waals surface area contributed by atoms with Gasteiger partial charge in [-0.1, -0.05) is 30.3 Å². The summed E-state index contributed by atoms with van der Waals surface area (Å²) in [5.41, 5.74) is 2.32. The van der Waals surface area contributed by atoms with E-state index >= 15 is 0 Å². The molecule has 0 aliphatic heterocycles. The van der Waals surface area contributed by atoms with Gasteiger partial charge in [-0.2, -0.15) is 0 Å². The van der Waals surface area contributed by atoms with Crippen LogP contribution < -0.4 is 10.1 Å². The number of rotatable bonds is 7. The average Bonchev–Trinajstić information content (AvgIpc) is 2.52. The number of ether oxygens (including phenoxy) is 1. The zero-order chi connectivity index (χ0) is 15.1. The average molecular weight is 286 g/mol. The maximum atomic E-state index is 10.6. The number of nitrogens with zero attached hydrogens (tertiary/aromatic N) is 1. The molecule has 0 heterocycles. The van der Waals surface area contributed by atoms with Crippen LogP contribution in [0.4, 0.5) is 5.69 Å². The summed E-state index contributed by atoms with van der Waals surface area (Å²) in [5.74, 6) is 0.875. The van der Waals surface area contributed by atoms with Crippen LogP contribution in [0.15, 0.2) is 48.5 Å². The molecule has 21 heavy (non-hydrogen) atoms. The molecule has 2 rings (SSSR count). The number of hydrogen-bond donors (Lipinski definition) is 1. The molecule has 2 aromatic carbocycles. The Morgan fingerprint density at radius 2 is 1.86 bits per heavy atom.